The number of hydrogen-bond donors (Lipinski definition) is 3. The SMILES string of the molecule is NS(=O)(=O)c1ccc(NCc2ccn[nH]2)cc1. The Morgan fingerprint density at radius 1 is 1.24 bits per heavy atom. The average Bonchev–Trinajstić information content (AvgIpc) is 2.78. The molecule has 0 aliphatic carbocycles. The van der Waals surface area contributed by atoms with E-state index in [4.69, 9.17) is 5.14 Å². The Morgan fingerprint density at radius 3 is 2.47 bits per heavy atom. The maximum absolute atomic E-state index is 11.0. The molecule has 0 spiro atoms. The van der Waals surface area contributed by atoms with Crippen LogP contribution in [-0.2, 0) is 16.6 Å². The first-order valence-electron chi connectivity index (χ1n) is 4.91. The summed E-state index contributed by atoms with van der Waals surface area (Å²) in [5.41, 5.74) is 1.76. The third kappa shape index (κ3) is 3.05. The summed E-state index contributed by atoms with van der Waals surface area (Å²) in [5, 5.41) is 14.8. The molecule has 0 aliphatic rings. The Balaban J connectivity index is 2.04. The zero-order chi connectivity index (χ0) is 12.3. The van der Waals surface area contributed by atoms with Crippen molar-refractivity contribution in [3.63, 3.8) is 0 Å². The first kappa shape index (κ1) is 11.6. The summed E-state index contributed by atoms with van der Waals surface area (Å²) in [7, 11) is -3.62. The molecule has 7 heteroatoms. The van der Waals surface area contributed by atoms with E-state index in [9.17, 15) is 8.42 Å². The van der Waals surface area contributed by atoms with Gasteiger partial charge < -0.3 is 5.32 Å². The van der Waals surface area contributed by atoms with Gasteiger partial charge in [0.2, 0.25) is 10.0 Å². The summed E-state index contributed by atoms with van der Waals surface area (Å²) in [5.74, 6) is 0. The van der Waals surface area contributed by atoms with Gasteiger partial charge >= 0.3 is 0 Å². The van der Waals surface area contributed by atoms with Crippen molar-refractivity contribution in [2.24, 2.45) is 5.14 Å². The van der Waals surface area contributed by atoms with Crippen molar-refractivity contribution in [1.29, 1.82) is 0 Å². The van der Waals surface area contributed by atoms with E-state index < -0.39 is 10.0 Å². The number of nitrogens with two attached hydrogens (primary N) is 1. The number of rotatable bonds is 4. The van der Waals surface area contributed by atoms with Crippen LogP contribution < -0.4 is 10.5 Å². The summed E-state index contributed by atoms with van der Waals surface area (Å²) >= 11 is 0. The molecule has 0 saturated carbocycles. The Hall–Kier alpha value is -1.86. The summed E-state index contributed by atoms with van der Waals surface area (Å²) in [4.78, 5) is 0.101. The first-order valence-corrected chi connectivity index (χ1v) is 6.45. The molecule has 0 radical (unpaired) electrons. The highest BCUT2D eigenvalue weighted by Crippen LogP contribution is 2.13. The van der Waals surface area contributed by atoms with Gasteiger partial charge in [0.15, 0.2) is 0 Å². The second-order valence-corrected chi connectivity index (χ2v) is 5.07. The molecule has 6 nitrogen and oxygen atoms in total. The molecular formula is C10H12N4O2S. The monoisotopic (exact) mass is 252 g/mol. The van der Waals surface area contributed by atoms with Gasteiger partial charge in [0.05, 0.1) is 17.1 Å². The minimum atomic E-state index is -3.62. The van der Waals surface area contributed by atoms with Crippen LogP contribution >= 0.6 is 0 Å². The Bertz CT molecular complexity index is 575. The fourth-order valence-electron chi connectivity index (χ4n) is 1.34. The van der Waals surface area contributed by atoms with Crippen LogP contribution in [0.3, 0.4) is 0 Å². The van der Waals surface area contributed by atoms with Crippen molar-refractivity contribution in [3.05, 3.63) is 42.2 Å². The number of nitrogens with one attached hydrogen (secondary N) is 2. The molecule has 2 rings (SSSR count). The number of hydrogen-bond acceptors (Lipinski definition) is 4. The Kier molecular flexibility index (Phi) is 3.12. The zero-order valence-corrected chi connectivity index (χ0v) is 9.74. The summed E-state index contributed by atoms with van der Waals surface area (Å²) in [6.07, 6.45) is 1.67. The summed E-state index contributed by atoms with van der Waals surface area (Å²) in [6, 6.07) is 8.10. The smallest absolute Gasteiger partial charge is 0.238 e. The topological polar surface area (TPSA) is 101 Å². The average molecular weight is 252 g/mol. The van der Waals surface area contributed by atoms with Crippen LogP contribution in [0.5, 0.6) is 0 Å². The van der Waals surface area contributed by atoms with E-state index in [1.54, 1.807) is 18.3 Å². The molecule has 0 amide bonds. The lowest BCUT2D eigenvalue weighted by Crippen LogP contribution is -2.12. The highest BCUT2D eigenvalue weighted by atomic mass is 32.2. The Morgan fingerprint density at radius 2 is 1.94 bits per heavy atom. The second-order valence-electron chi connectivity index (χ2n) is 3.50. The molecule has 0 saturated heterocycles. The largest absolute Gasteiger partial charge is 0.379 e. The quantitative estimate of drug-likeness (QED) is 0.744. The van der Waals surface area contributed by atoms with Crippen molar-refractivity contribution in [2.75, 3.05) is 5.32 Å². The van der Waals surface area contributed by atoms with Crippen molar-refractivity contribution >= 4 is 15.7 Å². The van der Waals surface area contributed by atoms with Crippen molar-refractivity contribution in [3.8, 4) is 0 Å². The van der Waals surface area contributed by atoms with Gasteiger partial charge in [0.25, 0.3) is 0 Å². The standard InChI is InChI=1S/C10H12N4O2S/c11-17(15,16)10-3-1-8(2-4-10)12-7-9-5-6-13-14-9/h1-6,12H,7H2,(H,13,14)(H2,11,15,16). The lowest BCUT2D eigenvalue weighted by atomic mass is 10.3. The normalized spacial score (nSPS) is 11.4. The van der Waals surface area contributed by atoms with E-state index in [0.29, 0.717) is 6.54 Å². The predicted octanol–water partition coefficient (Wildman–Crippen LogP) is 0.669. The molecule has 1 heterocycles. The number of aromatic amines is 1. The molecule has 4 N–H and O–H groups in total. The van der Waals surface area contributed by atoms with Crippen LogP contribution in [0.15, 0.2) is 41.4 Å². The van der Waals surface area contributed by atoms with Gasteiger partial charge in [-0.3, -0.25) is 5.10 Å². The molecule has 0 aliphatic heterocycles. The van der Waals surface area contributed by atoms with Crippen molar-refractivity contribution in [2.45, 2.75) is 11.4 Å². The molecule has 0 fully saturated rings. The van der Waals surface area contributed by atoms with Crippen LogP contribution in [0.4, 0.5) is 5.69 Å². The van der Waals surface area contributed by atoms with Gasteiger partial charge in [-0.05, 0) is 30.3 Å². The number of benzene rings is 1. The zero-order valence-electron chi connectivity index (χ0n) is 8.92. The molecular weight excluding hydrogens is 240 g/mol. The summed E-state index contributed by atoms with van der Waals surface area (Å²) < 4.78 is 22.1. The van der Waals surface area contributed by atoms with Crippen LogP contribution in [-0.4, -0.2) is 18.6 Å². The van der Waals surface area contributed by atoms with Gasteiger partial charge in [-0.15, -0.1) is 0 Å². The van der Waals surface area contributed by atoms with Gasteiger partial charge in [0.1, 0.15) is 0 Å². The molecule has 2 aromatic rings. The highest BCUT2D eigenvalue weighted by Gasteiger charge is 2.06. The number of primary sulfonamides is 1. The maximum atomic E-state index is 11.0. The minimum absolute atomic E-state index is 0.101. The van der Waals surface area contributed by atoms with Crippen LogP contribution in [0, 0.1) is 0 Å². The molecule has 1 aromatic carbocycles. The fourth-order valence-corrected chi connectivity index (χ4v) is 1.86. The van der Waals surface area contributed by atoms with Crippen LogP contribution in [0.1, 0.15) is 5.69 Å². The summed E-state index contributed by atoms with van der Waals surface area (Å²) in [6.45, 7) is 0.592. The van der Waals surface area contributed by atoms with Crippen molar-refractivity contribution in [1.82, 2.24) is 10.2 Å². The van der Waals surface area contributed by atoms with E-state index in [1.165, 1.54) is 12.1 Å². The molecule has 0 bridgehead atoms. The van der Waals surface area contributed by atoms with Crippen LogP contribution in [0.25, 0.3) is 0 Å². The van der Waals surface area contributed by atoms with Gasteiger partial charge in [-0.2, -0.15) is 5.10 Å². The molecule has 90 valence electrons. The number of H-pyrrole nitrogens is 1. The molecule has 17 heavy (non-hydrogen) atoms. The predicted molar refractivity (Wildman–Crippen MR) is 63.7 cm³/mol. The van der Waals surface area contributed by atoms with Gasteiger partial charge in [-0.25, -0.2) is 13.6 Å². The minimum Gasteiger partial charge on any atom is -0.379 e. The first-order chi connectivity index (χ1) is 8.05. The number of anilines is 1. The number of sulfonamides is 1. The highest BCUT2D eigenvalue weighted by molar-refractivity contribution is 7.89. The molecule has 1 aromatic heterocycles. The van der Waals surface area contributed by atoms with E-state index in [2.05, 4.69) is 15.5 Å². The van der Waals surface area contributed by atoms with Crippen LogP contribution in [0.2, 0.25) is 0 Å². The lowest BCUT2D eigenvalue weighted by Gasteiger charge is -2.05. The third-order valence-corrected chi connectivity index (χ3v) is 3.15. The molecule has 0 atom stereocenters. The second kappa shape index (κ2) is 4.56. The van der Waals surface area contributed by atoms with Gasteiger partial charge in [0, 0.05) is 11.9 Å². The van der Waals surface area contributed by atoms with E-state index in [-0.39, 0.29) is 4.90 Å². The van der Waals surface area contributed by atoms with E-state index in [1.807, 2.05) is 6.07 Å². The molecule has 0 unspecified atom stereocenters. The van der Waals surface area contributed by atoms with E-state index in [0.717, 1.165) is 11.4 Å². The number of nitrogens with zero attached hydrogens (tertiary/aromatic N) is 1. The number of aromatic nitrogens is 2. The lowest BCUT2D eigenvalue weighted by molar-refractivity contribution is 0.598. The van der Waals surface area contributed by atoms with Gasteiger partial charge in [-0.1, -0.05) is 0 Å². The van der Waals surface area contributed by atoms with E-state index >= 15 is 0 Å². The maximum Gasteiger partial charge on any atom is 0.238 e. The fraction of sp³-hybridized carbons (Fsp3) is 0.100. The Labute approximate surface area is 98.9 Å². The van der Waals surface area contributed by atoms with Crippen molar-refractivity contribution < 1.29 is 8.42 Å². The third-order valence-electron chi connectivity index (χ3n) is 2.22.